The minimum atomic E-state index is -0.393. The summed E-state index contributed by atoms with van der Waals surface area (Å²) in [6.45, 7) is 10.8. The van der Waals surface area contributed by atoms with Crippen molar-refractivity contribution in [1.29, 1.82) is 0 Å². The van der Waals surface area contributed by atoms with Crippen LogP contribution in [0.2, 0.25) is 0 Å². The third-order valence-electron chi connectivity index (χ3n) is 1.66. The van der Waals surface area contributed by atoms with E-state index in [0.29, 0.717) is 12.0 Å². The van der Waals surface area contributed by atoms with Gasteiger partial charge in [0.1, 0.15) is 0 Å². The van der Waals surface area contributed by atoms with Crippen molar-refractivity contribution in [2.24, 2.45) is 5.73 Å². The van der Waals surface area contributed by atoms with Crippen molar-refractivity contribution in [3.05, 3.63) is 12.2 Å². The van der Waals surface area contributed by atoms with Gasteiger partial charge >= 0.3 is 0 Å². The predicted molar refractivity (Wildman–Crippen MR) is 55.3 cm³/mol. The minimum Gasteiger partial charge on any atom is -0.366 e. The first-order valence-corrected chi connectivity index (χ1v) is 4.55. The second-order valence-corrected chi connectivity index (χ2v) is 4.25. The molecule has 0 aromatic rings. The molecule has 0 aliphatic rings. The molecule has 0 unspecified atom stereocenters. The third-order valence-corrected chi connectivity index (χ3v) is 1.66. The van der Waals surface area contributed by atoms with E-state index < -0.39 is 5.91 Å². The molecule has 0 spiro atoms. The molecule has 3 heteroatoms. The fourth-order valence-electron chi connectivity index (χ4n) is 0.888. The summed E-state index contributed by atoms with van der Waals surface area (Å²) in [5, 5.41) is 3.32. The van der Waals surface area contributed by atoms with Crippen LogP contribution in [0.25, 0.3) is 0 Å². The molecule has 0 aliphatic carbocycles. The molecule has 0 heterocycles. The number of nitrogens with two attached hydrogens (primary N) is 1. The molecule has 0 aromatic heterocycles. The van der Waals surface area contributed by atoms with Gasteiger partial charge in [-0.25, -0.2) is 0 Å². The lowest BCUT2D eigenvalue weighted by Crippen LogP contribution is -2.36. The summed E-state index contributed by atoms with van der Waals surface area (Å²) in [6.07, 6.45) is 1.58. The van der Waals surface area contributed by atoms with Crippen LogP contribution in [-0.2, 0) is 4.79 Å². The molecule has 3 N–H and O–H groups in total. The Morgan fingerprint density at radius 2 is 2.00 bits per heavy atom. The standard InChI is InChI=1S/C10H20N2O/c1-8(9(11)13)6-5-7-12-10(2,3)4/h12H,1,5-7H2,2-4H3,(H2,11,13). The lowest BCUT2D eigenvalue weighted by Gasteiger charge is -2.20. The van der Waals surface area contributed by atoms with Gasteiger partial charge in [0.05, 0.1) is 0 Å². The number of hydrogen-bond acceptors (Lipinski definition) is 2. The Hall–Kier alpha value is -0.830. The molecule has 76 valence electrons. The zero-order chi connectivity index (χ0) is 10.5. The van der Waals surface area contributed by atoms with Gasteiger partial charge in [0.25, 0.3) is 0 Å². The minimum absolute atomic E-state index is 0.133. The molecule has 0 rings (SSSR count). The van der Waals surface area contributed by atoms with Gasteiger partial charge in [0.15, 0.2) is 0 Å². The van der Waals surface area contributed by atoms with Crippen LogP contribution in [0.5, 0.6) is 0 Å². The Morgan fingerprint density at radius 1 is 1.46 bits per heavy atom. The first-order valence-electron chi connectivity index (χ1n) is 4.55. The molecular weight excluding hydrogens is 164 g/mol. The number of rotatable bonds is 5. The largest absolute Gasteiger partial charge is 0.366 e. The molecule has 0 bridgehead atoms. The lowest BCUT2D eigenvalue weighted by molar-refractivity contribution is -0.114. The fraction of sp³-hybridized carbons (Fsp3) is 0.700. The Labute approximate surface area is 80.4 Å². The monoisotopic (exact) mass is 184 g/mol. The Kier molecular flexibility index (Phi) is 4.70. The molecular formula is C10H20N2O. The number of carbonyl (C=O) groups is 1. The van der Waals surface area contributed by atoms with Crippen LogP contribution < -0.4 is 11.1 Å². The van der Waals surface area contributed by atoms with Gasteiger partial charge in [-0.15, -0.1) is 0 Å². The number of amides is 1. The van der Waals surface area contributed by atoms with Gasteiger partial charge in [-0.3, -0.25) is 4.79 Å². The number of nitrogens with one attached hydrogen (secondary N) is 1. The van der Waals surface area contributed by atoms with Crippen LogP contribution in [0.4, 0.5) is 0 Å². The Balaban J connectivity index is 3.47. The molecule has 0 fully saturated rings. The third kappa shape index (κ3) is 7.53. The topological polar surface area (TPSA) is 55.1 Å². The van der Waals surface area contributed by atoms with E-state index in [9.17, 15) is 4.79 Å². The highest BCUT2D eigenvalue weighted by atomic mass is 16.1. The molecule has 0 saturated carbocycles. The van der Waals surface area contributed by atoms with Gasteiger partial charge in [-0.2, -0.15) is 0 Å². The predicted octanol–water partition coefficient (Wildman–Crippen LogP) is 1.20. The summed E-state index contributed by atoms with van der Waals surface area (Å²) in [7, 11) is 0. The highest BCUT2D eigenvalue weighted by Crippen LogP contribution is 2.03. The van der Waals surface area contributed by atoms with Gasteiger partial charge in [-0.05, 0) is 40.2 Å². The number of carbonyl (C=O) groups excluding carboxylic acids is 1. The van der Waals surface area contributed by atoms with Gasteiger partial charge in [-0.1, -0.05) is 6.58 Å². The summed E-state index contributed by atoms with van der Waals surface area (Å²) in [5.41, 5.74) is 5.69. The maximum absolute atomic E-state index is 10.6. The van der Waals surface area contributed by atoms with E-state index in [0.717, 1.165) is 13.0 Å². The summed E-state index contributed by atoms with van der Waals surface area (Å²) in [6, 6.07) is 0. The van der Waals surface area contributed by atoms with Gasteiger partial charge < -0.3 is 11.1 Å². The first kappa shape index (κ1) is 12.2. The zero-order valence-electron chi connectivity index (χ0n) is 8.81. The Morgan fingerprint density at radius 3 is 2.38 bits per heavy atom. The quantitative estimate of drug-likeness (QED) is 0.498. The molecule has 0 saturated heterocycles. The summed E-state index contributed by atoms with van der Waals surface area (Å²) in [5.74, 6) is -0.393. The SMILES string of the molecule is C=C(CCCNC(C)(C)C)C(N)=O. The molecule has 1 amide bonds. The van der Waals surface area contributed by atoms with E-state index in [1.54, 1.807) is 0 Å². The van der Waals surface area contributed by atoms with E-state index >= 15 is 0 Å². The van der Waals surface area contributed by atoms with Gasteiger partial charge in [0.2, 0.25) is 5.91 Å². The van der Waals surface area contributed by atoms with Crippen LogP contribution in [0.15, 0.2) is 12.2 Å². The molecule has 13 heavy (non-hydrogen) atoms. The summed E-state index contributed by atoms with van der Waals surface area (Å²) >= 11 is 0. The van der Waals surface area contributed by atoms with Crippen LogP contribution in [-0.4, -0.2) is 18.0 Å². The normalized spacial score (nSPS) is 11.3. The molecule has 0 atom stereocenters. The van der Waals surface area contributed by atoms with E-state index in [2.05, 4.69) is 32.7 Å². The number of primary amides is 1. The van der Waals surface area contributed by atoms with Crippen molar-refractivity contribution in [1.82, 2.24) is 5.32 Å². The smallest absolute Gasteiger partial charge is 0.244 e. The maximum Gasteiger partial charge on any atom is 0.244 e. The van der Waals surface area contributed by atoms with Crippen LogP contribution in [0, 0.1) is 0 Å². The van der Waals surface area contributed by atoms with Crippen molar-refractivity contribution >= 4 is 5.91 Å². The number of hydrogen-bond donors (Lipinski definition) is 2. The van der Waals surface area contributed by atoms with Crippen molar-refractivity contribution in [2.45, 2.75) is 39.2 Å². The maximum atomic E-state index is 10.6. The van der Waals surface area contributed by atoms with E-state index in [1.807, 2.05) is 0 Å². The average molecular weight is 184 g/mol. The van der Waals surface area contributed by atoms with Crippen molar-refractivity contribution in [3.8, 4) is 0 Å². The van der Waals surface area contributed by atoms with Gasteiger partial charge in [0, 0.05) is 11.1 Å². The molecule has 0 radical (unpaired) electrons. The highest BCUT2D eigenvalue weighted by Gasteiger charge is 2.07. The molecule has 0 aromatic carbocycles. The van der Waals surface area contributed by atoms with E-state index in [1.165, 1.54) is 0 Å². The van der Waals surface area contributed by atoms with Crippen LogP contribution in [0.3, 0.4) is 0 Å². The first-order chi connectivity index (χ1) is 5.83. The highest BCUT2D eigenvalue weighted by molar-refractivity contribution is 5.91. The summed E-state index contributed by atoms with van der Waals surface area (Å²) < 4.78 is 0. The fourth-order valence-corrected chi connectivity index (χ4v) is 0.888. The van der Waals surface area contributed by atoms with E-state index in [-0.39, 0.29) is 5.54 Å². The van der Waals surface area contributed by atoms with Crippen molar-refractivity contribution in [3.63, 3.8) is 0 Å². The second-order valence-electron chi connectivity index (χ2n) is 4.25. The zero-order valence-corrected chi connectivity index (χ0v) is 8.81. The van der Waals surface area contributed by atoms with Crippen LogP contribution >= 0.6 is 0 Å². The Bertz CT molecular complexity index is 192. The molecule has 0 aliphatic heterocycles. The molecule has 3 nitrogen and oxygen atoms in total. The van der Waals surface area contributed by atoms with E-state index in [4.69, 9.17) is 5.73 Å². The average Bonchev–Trinajstić information content (AvgIpc) is 1.95. The van der Waals surface area contributed by atoms with Crippen molar-refractivity contribution < 1.29 is 4.79 Å². The van der Waals surface area contributed by atoms with Crippen LogP contribution in [0.1, 0.15) is 33.6 Å². The lowest BCUT2D eigenvalue weighted by atomic mass is 10.1. The van der Waals surface area contributed by atoms with Crippen molar-refractivity contribution in [2.75, 3.05) is 6.54 Å². The second kappa shape index (κ2) is 5.02. The summed E-state index contributed by atoms with van der Waals surface area (Å²) in [4.78, 5) is 10.6.